The number of hydrogen-bond donors (Lipinski definition) is 1. The van der Waals surface area contributed by atoms with Gasteiger partial charge in [-0.2, -0.15) is 0 Å². The van der Waals surface area contributed by atoms with Crippen LogP contribution in [0.25, 0.3) is 0 Å². The molecule has 166 valence electrons. The lowest BCUT2D eigenvalue weighted by Crippen LogP contribution is -2.40. The third kappa shape index (κ3) is 4.45. The first-order valence-corrected chi connectivity index (χ1v) is 10.3. The molecule has 0 aliphatic heterocycles. The lowest BCUT2D eigenvalue weighted by Gasteiger charge is -2.18. The zero-order valence-electron chi connectivity index (χ0n) is 18.4. The molecule has 1 aliphatic carbocycles. The van der Waals surface area contributed by atoms with Gasteiger partial charge < -0.3 is 24.3 Å². The van der Waals surface area contributed by atoms with Crippen molar-refractivity contribution in [2.45, 2.75) is 25.7 Å². The van der Waals surface area contributed by atoms with Crippen LogP contribution in [0.2, 0.25) is 0 Å². The molecule has 7 nitrogen and oxygen atoms in total. The molecule has 0 unspecified atom stereocenters. The fourth-order valence-electron chi connectivity index (χ4n) is 3.92. The summed E-state index contributed by atoms with van der Waals surface area (Å²) < 4.78 is 21.5. The summed E-state index contributed by atoms with van der Waals surface area (Å²) in [6.07, 6.45) is 1.04. The number of esters is 1. The Labute approximate surface area is 182 Å². The molecule has 7 heteroatoms. The van der Waals surface area contributed by atoms with Crippen molar-refractivity contribution in [2.24, 2.45) is 5.41 Å². The predicted octanol–water partition coefficient (Wildman–Crippen LogP) is 3.11. The molecule has 2 aromatic carbocycles. The molecule has 0 bridgehead atoms. The molecule has 2 atom stereocenters. The molecule has 1 N–H and O–H groups in total. The first-order chi connectivity index (χ1) is 15.0. The highest BCUT2D eigenvalue weighted by Crippen LogP contribution is 2.61. The van der Waals surface area contributed by atoms with Gasteiger partial charge in [-0.15, -0.1) is 0 Å². The quantitative estimate of drug-likeness (QED) is 0.463. The minimum atomic E-state index is -1.25. The van der Waals surface area contributed by atoms with Gasteiger partial charge in [0.2, 0.25) is 11.7 Å². The Hall–Kier alpha value is -3.22. The van der Waals surface area contributed by atoms with Crippen LogP contribution in [-0.2, 0) is 20.7 Å². The normalized spacial score (nSPS) is 19.3. The van der Waals surface area contributed by atoms with Gasteiger partial charge in [0.15, 0.2) is 16.9 Å². The van der Waals surface area contributed by atoms with Crippen LogP contribution in [-0.4, -0.2) is 46.4 Å². The van der Waals surface area contributed by atoms with E-state index in [-0.39, 0.29) is 18.4 Å². The van der Waals surface area contributed by atoms with Crippen molar-refractivity contribution >= 4 is 11.9 Å². The molecule has 1 saturated carbocycles. The van der Waals surface area contributed by atoms with E-state index < -0.39 is 11.4 Å². The molecule has 0 heterocycles. The molecular formula is C24H29NO6. The zero-order valence-corrected chi connectivity index (χ0v) is 18.4. The number of methoxy groups -OCH3 is 3. The third-order valence-corrected chi connectivity index (χ3v) is 5.64. The molecular weight excluding hydrogens is 398 g/mol. The van der Waals surface area contributed by atoms with Gasteiger partial charge >= 0.3 is 5.97 Å². The molecule has 0 aromatic heterocycles. The smallest absolute Gasteiger partial charge is 0.322 e. The number of carbonyl (C=O) groups excluding carboxylic acids is 2. The molecule has 1 fully saturated rings. The van der Waals surface area contributed by atoms with Gasteiger partial charge in [0.25, 0.3) is 0 Å². The van der Waals surface area contributed by atoms with Crippen LogP contribution in [0.15, 0.2) is 42.5 Å². The van der Waals surface area contributed by atoms with Gasteiger partial charge in [-0.25, -0.2) is 0 Å². The van der Waals surface area contributed by atoms with Crippen molar-refractivity contribution in [3.05, 3.63) is 53.6 Å². The Morgan fingerprint density at radius 2 is 1.68 bits per heavy atom. The molecule has 31 heavy (non-hydrogen) atoms. The summed E-state index contributed by atoms with van der Waals surface area (Å²) in [6.45, 7) is 2.38. The van der Waals surface area contributed by atoms with Crippen molar-refractivity contribution in [2.75, 3.05) is 34.5 Å². The van der Waals surface area contributed by atoms with Gasteiger partial charge in [0.1, 0.15) is 0 Å². The van der Waals surface area contributed by atoms with E-state index in [1.54, 1.807) is 19.1 Å². The molecule has 3 rings (SSSR count). The summed E-state index contributed by atoms with van der Waals surface area (Å²) in [5.74, 6) is 0.254. The SMILES string of the molecule is CCOC(=O)[C@]1(C(=O)NCCc2ccccc2)C[C@@H]1c1cc(OC)c(OC)c(OC)c1. The van der Waals surface area contributed by atoms with Crippen molar-refractivity contribution in [1.29, 1.82) is 0 Å². The van der Waals surface area contributed by atoms with E-state index in [9.17, 15) is 9.59 Å². The summed E-state index contributed by atoms with van der Waals surface area (Å²) in [6, 6.07) is 13.4. The molecule has 0 radical (unpaired) electrons. The summed E-state index contributed by atoms with van der Waals surface area (Å²) in [5, 5.41) is 2.93. The number of benzene rings is 2. The van der Waals surface area contributed by atoms with Crippen molar-refractivity contribution in [1.82, 2.24) is 5.32 Å². The van der Waals surface area contributed by atoms with Gasteiger partial charge in [-0.1, -0.05) is 30.3 Å². The predicted molar refractivity (Wildman–Crippen MR) is 116 cm³/mol. The minimum absolute atomic E-state index is 0.208. The van der Waals surface area contributed by atoms with Crippen LogP contribution in [0.1, 0.15) is 30.4 Å². The van der Waals surface area contributed by atoms with Crippen molar-refractivity contribution in [3.8, 4) is 17.2 Å². The average Bonchev–Trinajstić information content (AvgIpc) is 3.56. The van der Waals surface area contributed by atoms with Gasteiger partial charge in [-0.3, -0.25) is 9.59 Å². The van der Waals surface area contributed by atoms with Gasteiger partial charge in [-0.05, 0) is 43.0 Å². The van der Waals surface area contributed by atoms with Crippen LogP contribution in [0.4, 0.5) is 0 Å². The first-order valence-electron chi connectivity index (χ1n) is 10.3. The maximum Gasteiger partial charge on any atom is 0.322 e. The molecule has 1 amide bonds. The lowest BCUT2D eigenvalue weighted by atomic mass is 9.97. The largest absolute Gasteiger partial charge is 0.493 e. The number of rotatable bonds is 10. The van der Waals surface area contributed by atoms with E-state index in [1.165, 1.54) is 21.3 Å². The van der Waals surface area contributed by atoms with E-state index in [0.29, 0.717) is 36.6 Å². The second-order valence-electron chi connectivity index (χ2n) is 7.40. The maximum absolute atomic E-state index is 13.2. The highest BCUT2D eigenvalue weighted by Gasteiger charge is 2.67. The van der Waals surface area contributed by atoms with E-state index >= 15 is 0 Å². The number of carbonyl (C=O) groups is 2. The molecule has 0 saturated heterocycles. The lowest BCUT2D eigenvalue weighted by molar-refractivity contribution is -0.154. The van der Waals surface area contributed by atoms with E-state index in [0.717, 1.165) is 11.1 Å². The summed E-state index contributed by atoms with van der Waals surface area (Å²) in [5.41, 5.74) is 0.628. The Morgan fingerprint density at radius 3 is 2.23 bits per heavy atom. The van der Waals surface area contributed by atoms with Crippen LogP contribution in [0.5, 0.6) is 17.2 Å². The fourth-order valence-corrected chi connectivity index (χ4v) is 3.92. The molecule has 2 aromatic rings. The number of nitrogens with one attached hydrogen (secondary N) is 1. The minimum Gasteiger partial charge on any atom is -0.493 e. The third-order valence-electron chi connectivity index (χ3n) is 5.64. The zero-order chi connectivity index (χ0) is 22.4. The van der Waals surface area contributed by atoms with Crippen LogP contribution in [0, 0.1) is 5.41 Å². The topological polar surface area (TPSA) is 83.1 Å². The van der Waals surface area contributed by atoms with Crippen molar-refractivity contribution in [3.63, 3.8) is 0 Å². The fraction of sp³-hybridized carbons (Fsp3) is 0.417. The summed E-state index contributed by atoms with van der Waals surface area (Å²) in [7, 11) is 4.59. The van der Waals surface area contributed by atoms with E-state index in [4.69, 9.17) is 18.9 Å². The Morgan fingerprint density at radius 1 is 1.03 bits per heavy atom. The highest BCUT2D eigenvalue weighted by atomic mass is 16.5. The summed E-state index contributed by atoms with van der Waals surface area (Å²) in [4.78, 5) is 26.0. The standard InChI is InChI=1S/C24H29NO6/c1-5-31-23(27)24(22(26)25-12-11-16-9-7-6-8-10-16)15-18(24)17-13-19(28-2)21(30-4)20(14-17)29-3/h6-10,13-14,18H,5,11-12,15H2,1-4H3,(H,25,26)/t18-,24-/m1/s1. The summed E-state index contributed by atoms with van der Waals surface area (Å²) >= 11 is 0. The Balaban J connectivity index is 1.83. The van der Waals surface area contributed by atoms with Gasteiger partial charge in [0, 0.05) is 12.5 Å². The van der Waals surface area contributed by atoms with Gasteiger partial charge in [0.05, 0.1) is 27.9 Å². The number of ether oxygens (including phenoxy) is 4. The number of hydrogen-bond acceptors (Lipinski definition) is 6. The highest BCUT2D eigenvalue weighted by molar-refractivity contribution is 6.07. The molecule has 0 spiro atoms. The van der Waals surface area contributed by atoms with Crippen molar-refractivity contribution < 1.29 is 28.5 Å². The second kappa shape index (κ2) is 9.73. The second-order valence-corrected chi connectivity index (χ2v) is 7.40. The Bertz CT molecular complexity index is 904. The van der Waals surface area contributed by atoms with Crippen LogP contribution < -0.4 is 19.5 Å². The molecule has 1 aliphatic rings. The number of amides is 1. The Kier molecular flexibility index (Phi) is 7.05. The first kappa shape index (κ1) is 22.5. The van der Waals surface area contributed by atoms with E-state index in [2.05, 4.69) is 5.32 Å². The average molecular weight is 427 g/mol. The van der Waals surface area contributed by atoms with Crippen LogP contribution in [0.3, 0.4) is 0 Å². The maximum atomic E-state index is 13.2. The van der Waals surface area contributed by atoms with Crippen LogP contribution >= 0.6 is 0 Å². The van der Waals surface area contributed by atoms with E-state index in [1.807, 2.05) is 30.3 Å². The monoisotopic (exact) mass is 427 g/mol.